The van der Waals surface area contributed by atoms with Crippen molar-refractivity contribution in [2.24, 2.45) is 4.99 Å². The summed E-state index contributed by atoms with van der Waals surface area (Å²) in [5.41, 5.74) is 9.92. The molecule has 0 saturated carbocycles. The lowest BCUT2D eigenvalue weighted by Crippen LogP contribution is -2.58. The molecule has 1 saturated heterocycles. The third kappa shape index (κ3) is 3.70. The molecule has 0 aliphatic carbocycles. The van der Waals surface area contributed by atoms with Gasteiger partial charge in [0.2, 0.25) is 0 Å². The average molecular weight is 387 g/mol. The fourth-order valence-electron chi connectivity index (χ4n) is 3.50. The molecule has 0 amide bonds. The Morgan fingerprint density at radius 1 is 1.08 bits per heavy atom. The number of benzene rings is 2. The van der Waals surface area contributed by atoms with E-state index in [1.54, 1.807) is 0 Å². The molecule has 2 heterocycles. The average Bonchev–Trinajstić information content (AvgIpc) is 2.67. The first-order chi connectivity index (χ1) is 12.8. The molecule has 1 spiro atoms. The first kappa shape index (κ1) is 17.7. The molecule has 136 valence electrons. The van der Waals surface area contributed by atoms with Crippen molar-refractivity contribution in [2.45, 2.75) is 24.8 Å². The minimum Gasteiger partial charge on any atom is -0.371 e. The summed E-state index contributed by atoms with van der Waals surface area (Å²) in [6.45, 7) is 0.787. The van der Waals surface area contributed by atoms with E-state index >= 15 is 0 Å². The Balaban J connectivity index is 1.46. The van der Waals surface area contributed by atoms with Crippen LogP contribution in [0, 0.1) is 0 Å². The number of anilines is 1. The second-order valence-corrected chi connectivity index (χ2v) is 8.32. The van der Waals surface area contributed by atoms with Gasteiger partial charge >= 0.3 is 0 Å². The number of hydrazine groups is 1. The number of hydrogen-bond acceptors (Lipinski definition) is 5. The third-order valence-corrected chi connectivity index (χ3v) is 6.35. The van der Waals surface area contributed by atoms with Crippen LogP contribution >= 0.6 is 23.4 Å². The summed E-state index contributed by atoms with van der Waals surface area (Å²) < 4.78 is 0. The van der Waals surface area contributed by atoms with E-state index in [0.29, 0.717) is 0 Å². The van der Waals surface area contributed by atoms with Gasteiger partial charge < -0.3 is 10.7 Å². The van der Waals surface area contributed by atoms with Crippen LogP contribution in [0.5, 0.6) is 0 Å². The Kier molecular flexibility index (Phi) is 5.38. The highest BCUT2D eigenvalue weighted by molar-refractivity contribution is 7.99. The highest BCUT2D eigenvalue weighted by Gasteiger charge is 2.40. The lowest BCUT2D eigenvalue weighted by Gasteiger charge is -2.42. The van der Waals surface area contributed by atoms with Crippen LogP contribution in [0.4, 0.5) is 11.4 Å². The molecule has 6 heteroatoms. The van der Waals surface area contributed by atoms with Gasteiger partial charge in [0.25, 0.3) is 0 Å². The summed E-state index contributed by atoms with van der Waals surface area (Å²) in [7, 11) is 0. The minimum atomic E-state index is -0.100. The molecule has 0 radical (unpaired) electrons. The van der Waals surface area contributed by atoms with Crippen molar-refractivity contribution in [2.75, 3.05) is 23.4 Å². The van der Waals surface area contributed by atoms with E-state index in [4.69, 9.17) is 16.6 Å². The van der Waals surface area contributed by atoms with E-state index < -0.39 is 0 Å². The van der Waals surface area contributed by atoms with E-state index in [2.05, 4.69) is 40.4 Å². The Hall–Kier alpha value is -1.69. The maximum absolute atomic E-state index is 6.24. The van der Waals surface area contributed by atoms with Crippen LogP contribution in [0.15, 0.2) is 53.5 Å². The van der Waals surface area contributed by atoms with Gasteiger partial charge in [-0.1, -0.05) is 41.9 Å². The number of thioether (sulfide) groups is 1. The van der Waals surface area contributed by atoms with Crippen molar-refractivity contribution in [1.29, 1.82) is 0 Å². The Morgan fingerprint density at radius 2 is 1.85 bits per heavy atom. The highest BCUT2D eigenvalue weighted by atomic mass is 35.5. The zero-order valence-corrected chi connectivity index (χ0v) is 16.2. The van der Waals surface area contributed by atoms with Crippen LogP contribution < -0.4 is 16.2 Å². The Bertz CT molecular complexity index is 802. The summed E-state index contributed by atoms with van der Waals surface area (Å²) in [4.78, 5) is 4.93. The van der Waals surface area contributed by atoms with Crippen LogP contribution in [0.2, 0.25) is 5.02 Å². The standard InChI is InChI=1S/C20H23ClN4S/c21-16-6-2-1-5-15(16)9-12-22-25-19-20(10-13-26-14-11-20)24-18-8-4-3-7-17(18)23-19/h1-8,22,24H,9-14H2,(H,23,25). The van der Waals surface area contributed by atoms with Crippen molar-refractivity contribution in [1.82, 2.24) is 10.9 Å². The molecule has 2 aromatic carbocycles. The lowest BCUT2D eigenvalue weighted by atomic mass is 9.88. The Morgan fingerprint density at radius 3 is 2.69 bits per heavy atom. The normalized spacial score (nSPS) is 18.0. The molecule has 0 bridgehead atoms. The van der Waals surface area contributed by atoms with Gasteiger partial charge in [0.05, 0.1) is 16.9 Å². The van der Waals surface area contributed by atoms with Crippen molar-refractivity contribution in [3.63, 3.8) is 0 Å². The van der Waals surface area contributed by atoms with Gasteiger partial charge in [0.1, 0.15) is 5.84 Å². The maximum Gasteiger partial charge on any atom is 0.142 e. The van der Waals surface area contributed by atoms with Crippen LogP contribution in [-0.4, -0.2) is 29.4 Å². The zero-order chi connectivity index (χ0) is 17.8. The highest BCUT2D eigenvalue weighted by Crippen LogP contribution is 2.39. The number of nitrogens with one attached hydrogen (secondary N) is 3. The van der Waals surface area contributed by atoms with Crippen molar-refractivity contribution in [3.8, 4) is 0 Å². The van der Waals surface area contributed by atoms with E-state index in [1.165, 1.54) is 0 Å². The zero-order valence-electron chi connectivity index (χ0n) is 14.6. The van der Waals surface area contributed by atoms with Crippen molar-refractivity contribution in [3.05, 3.63) is 59.1 Å². The summed E-state index contributed by atoms with van der Waals surface area (Å²) in [6, 6.07) is 16.2. The quantitative estimate of drug-likeness (QED) is 0.538. The number of fused-ring (bicyclic) bond motifs is 1. The van der Waals surface area contributed by atoms with Gasteiger partial charge in [-0.2, -0.15) is 11.8 Å². The molecular weight excluding hydrogens is 364 g/mol. The number of nitrogens with zero attached hydrogens (tertiary/aromatic N) is 1. The number of para-hydroxylation sites is 2. The SMILES string of the molecule is Clc1ccccc1CCNNC1=Nc2ccccc2NC12CCSCC2. The molecule has 1 fully saturated rings. The van der Waals surface area contributed by atoms with E-state index in [9.17, 15) is 0 Å². The first-order valence-electron chi connectivity index (χ1n) is 9.03. The van der Waals surface area contributed by atoms with Gasteiger partial charge in [-0.15, -0.1) is 0 Å². The summed E-state index contributed by atoms with van der Waals surface area (Å²) >= 11 is 8.26. The molecule has 4 rings (SSSR count). The predicted octanol–water partition coefficient (Wildman–Crippen LogP) is 4.40. The van der Waals surface area contributed by atoms with Crippen LogP contribution in [0.25, 0.3) is 0 Å². The number of halogens is 1. The largest absolute Gasteiger partial charge is 0.371 e. The van der Waals surface area contributed by atoms with Gasteiger partial charge in [0.15, 0.2) is 0 Å². The van der Waals surface area contributed by atoms with Crippen molar-refractivity contribution >= 4 is 40.6 Å². The number of aliphatic imine (C=N–C) groups is 1. The van der Waals surface area contributed by atoms with Gasteiger partial charge in [-0.3, -0.25) is 0 Å². The fourth-order valence-corrected chi connectivity index (χ4v) is 4.92. The topological polar surface area (TPSA) is 48.5 Å². The first-order valence-corrected chi connectivity index (χ1v) is 10.6. The number of hydrogen-bond donors (Lipinski definition) is 3. The molecule has 4 nitrogen and oxygen atoms in total. The second-order valence-electron chi connectivity index (χ2n) is 6.69. The fraction of sp³-hybridized carbons (Fsp3) is 0.350. The monoisotopic (exact) mass is 386 g/mol. The van der Waals surface area contributed by atoms with Crippen LogP contribution in [0.1, 0.15) is 18.4 Å². The van der Waals surface area contributed by atoms with Gasteiger partial charge in [-0.25, -0.2) is 10.4 Å². The van der Waals surface area contributed by atoms with E-state index in [0.717, 1.165) is 65.1 Å². The van der Waals surface area contributed by atoms with Gasteiger partial charge in [-0.05, 0) is 54.5 Å². The third-order valence-electron chi connectivity index (χ3n) is 4.99. The minimum absolute atomic E-state index is 0.100. The number of rotatable bonds is 4. The van der Waals surface area contributed by atoms with E-state index in [1.807, 2.05) is 36.0 Å². The predicted molar refractivity (Wildman–Crippen MR) is 113 cm³/mol. The lowest BCUT2D eigenvalue weighted by molar-refractivity contribution is 0.522. The van der Waals surface area contributed by atoms with E-state index in [-0.39, 0.29) is 5.54 Å². The van der Waals surface area contributed by atoms with Crippen LogP contribution in [-0.2, 0) is 6.42 Å². The maximum atomic E-state index is 6.24. The molecule has 26 heavy (non-hydrogen) atoms. The molecular formula is C20H23ClN4S. The smallest absolute Gasteiger partial charge is 0.142 e. The Labute approximate surface area is 163 Å². The molecule has 0 unspecified atom stereocenters. The van der Waals surface area contributed by atoms with Crippen LogP contribution in [0.3, 0.4) is 0 Å². The molecule has 2 aliphatic heterocycles. The molecule has 0 aromatic heterocycles. The van der Waals surface area contributed by atoms with Crippen molar-refractivity contribution < 1.29 is 0 Å². The summed E-state index contributed by atoms with van der Waals surface area (Å²) in [5.74, 6) is 3.29. The molecule has 3 N–H and O–H groups in total. The molecule has 2 aliphatic rings. The second kappa shape index (κ2) is 7.91. The van der Waals surface area contributed by atoms with Gasteiger partial charge in [0, 0.05) is 11.6 Å². The summed E-state index contributed by atoms with van der Waals surface area (Å²) in [5, 5.41) is 4.58. The number of amidine groups is 1. The molecule has 0 atom stereocenters. The molecule has 2 aromatic rings. The summed E-state index contributed by atoms with van der Waals surface area (Å²) in [6.07, 6.45) is 3.01.